The molecule has 0 bridgehead atoms. The van der Waals surface area contributed by atoms with Crippen molar-refractivity contribution in [3.63, 3.8) is 0 Å². The van der Waals surface area contributed by atoms with Gasteiger partial charge in [-0.1, -0.05) is 0 Å². The van der Waals surface area contributed by atoms with E-state index in [2.05, 4.69) is 20.6 Å². The van der Waals surface area contributed by atoms with Gasteiger partial charge in [-0.05, 0) is 23.8 Å². The molecule has 94 valence electrons. The van der Waals surface area contributed by atoms with Crippen molar-refractivity contribution in [2.24, 2.45) is 0 Å². The van der Waals surface area contributed by atoms with Gasteiger partial charge in [-0.25, -0.2) is 9.97 Å². The van der Waals surface area contributed by atoms with Gasteiger partial charge in [0.15, 0.2) is 0 Å². The highest BCUT2D eigenvalue weighted by Gasteiger charge is 2.19. The fraction of sp³-hybridized carbons (Fsp3) is 0.0769. The number of hydrogen-bond donors (Lipinski definition) is 2. The molecule has 2 amide bonds. The highest BCUT2D eigenvalue weighted by Crippen LogP contribution is 2.24. The predicted molar refractivity (Wildman–Crippen MR) is 68.8 cm³/mol. The smallest absolute Gasteiger partial charge is 0.255 e. The minimum atomic E-state index is -0.253. The normalized spacial score (nSPS) is 12.7. The summed E-state index contributed by atoms with van der Waals surface area (Å²) in [6.45, 7) is 0. The number of amides is 2. The summed E-state index contributed by atoms with van der Waals surface area (Å²) < 4.78 is 0. The lowest BCUT2D eigenvalue weighted by Crippen LogP contribution is -2.12. The zero-order valence-corrected chi connectivity index (χ0v) is 9.88. The summed E-state index contributed by atoms with van der Waals surface area (Å²) in [5.41, 5.74) is 2.63. The average Bonchev–Trinajstić information content (AvgIpc) is 2.78. The second kappa shape index (κ2) is 4.49. The van der Waals surface area contributed by atoms with Crippen molar-refractivity contribution < 1.29 is 9.59 Å². The van der Waals surface area contributed by atoms with Crippen LogP contribution in [-0.2, 0) is 11.2 Å². The number of nitrogens with one attached hydrogen (secondary N) is 2. The molecule has 1 aromatic heterocycles. The maximum Gasteiger partial charge on any atom is 0.255 e. The van der Waals surface area contributed by atoms with E-state index in [1.165, 1.54) is 18.7 Å². The number of fused-ring (bicyclic) bond motifs is 1. The number of carbonyl (C=O) groups is 2. The monoisotopic (exact) mass is 254 g/mol. The Labute approximate surface area is 108 Å². The van der Waals surface area contributed by atoms with Crippen LogP contribution in [0.3, 0.4) is 0 Å². The molecular weight excluding hydrogens is 244 g/mol. The molecule has 1 aliphatic heterocycles. The van der Waals surface area contributed by atoms with E-state index in [1.54, 1.807) is 18.2 Å². The molecule has 0 radical (unpaired) electrons. The lowest BCUT2D eigenvalue weighted by Gasteiger charge is -2.05. The fourth-order valence-electron chi connectivity index (χ4n) is 1.94. The number of rotatable bonds is 2. The molecule has 0 spiro atoms. The van der Waals surface area contributed by atoms with Crippen molar-refractivity contribution in [1.29, 1.82) is 0 Å². The van der Waals surface area contributed by atoms with Crippen LogP contribution in [0, 0.1) is 0 Å². The van der Waals surface area contributed by atoms with Crippen molar-refractivity contribution in [3.05, 3.63) is 48.0 Å². The van der Waals surface area contributed by atoms with Crippen LogP contribution in [0.25, 0.3) is 0 Å². The Balaban J connectivity index is 1.82. The molecule has 2 N–H and O–H groups in total. The van der Waals surface area contributed by atoms with Gasteiger partial charge in [0.1, 0.15) is 6.33 Å². The minimum Gasteiger partial charge on any atom is -0.326 e. The number of carbonyl (C=O) groups excluding carboxylic acids is 2. The highest BCUT2D eigenvalue weighted by atomic mass is 16.2. The number of aromatic nitrogens is 2. The quantitative estimate of drug-likeness (QED) is 0.844. The maximum atomic E-state index is 12.0. The molecule has 19 heavy (non-hydrogen) atoms. The summed E-state index contributed by atoms with van der Waals surface area (Å²) in [5, 5.41) is 5.41. The molecule has 0 unspecified atom stereocenters. The van der Waals surface area contributed by atoms with Gasteiger partial charge in [0.2, 0.25) is 5.91 Å². The Morgan fingerprint density at radius 2 is 2.05 bits per heavy atom. The zero-order valence-electron chi connectivity index (χ0n) is 9.88. The Hall–Kier alpha value is -2.76. The molecule has 0 atom stereocenters. The van der Waals surface area contributed by atoms with Crippen LogP contribution in [0.1, 0.15) is 15.9 Å². The van der Waals surface area contributed by atoms with Crippen molar-refractivity contribution in [2.45, 2.75) is 6.42 Å². The third-order valence-corrected chi connectivity index (χ3v) is 2.81. The fourth-order valence-corrected chi connectivity index (χ4v) is 1.94. The van der Waals surface area contributed by atoms with Crippen LogP contribution in [0.4, 0.5) is 11.4 Å². The van der Waals surface area contributed by atoms with Gasteiger partial charge >= 0.3 is 0 Å². The molecule has 2 aromatic rings. The number of hydrogen-bond acceptors (Lipinski definition) is 4. The van der Waals surface area contributed by atoms with E-state index < -0.39 is 0 Å². The van der Waals surface area contributed by atoms with Crippen molar-refractivity contribution in [1.82, 2.24) is 9.97 Å². The van der Waals surface area contributed by atoms with E-state index in [9.17, 15) is 9.59 Å². The Morgan fingerprint density at radius 1 is 1.26 bits per heavy atom. The summed E-state index contributed by atoms with van der Waals surface area (Å²) in [5.74, 6) is -0.305. The highest BCUT2D eigenvalue weighted by molar-refractivity contribution is 6.06. The van der Waals surface area contributed by atoms with E-state index in [4.69, 9.17) is 0 Å². The Morgan fingerprint density at radius 3 is 2.84 bits per heavy atom. The first-order valence-corrected chi connectivity index (χ1v) is 5.71. The van der Waals surface area contributed by atoms with Gasteiger partial charge in [0.05, 0.1) is 24.5 Å². The molecule has 0 aliphatic carbocycles. The van der Waals surface area contributed by atoms with Crippen LogP contribution in [0.2, 0.25) is 0 Å². The van der Waals surface area contributed by atoms with E-state index in [0.29, 0.717) is 17.7 Å². The van der Waals surface area contributed by atoms with Crippen LogP contribution < -0.4 is 10.6 Å². The van der Waals surface area contributed by atoms with E-state index >= 15 is 0 Å². The molecule has 6 nitrogen and oxygen atoms in total. The first-order chi connectivity index (χ1) is 9.22. The van der Waals surface area contributed by atoms with Gasteiger partial charge in [0, 0.05) is 11.3 Å². The number of nitrogens with zero attached hydrogens (tertiary/aromatic N) is 2. The predicted octanol–water partition coefficient (Wildman–Crippen LogP) is 1.22. The third kappa shape index (κ3) is 2.28. The Kier molecular flexibility index (Phi) is 2.68. The molecule has 2 heterocycles. The Bertz CT molecular complexity index is 655. The molecule has 6 heteroatoms. The standard InChI is InChI=1S/C13H10N4O2/c18-12-4-9-3-8(1-2-11(9)17-12)13(19)16-10-5-14-7-15-6-10/h1-3,5-7H,4H2,(H,16,19)(H,17,18). The van der Waals surface area contributed by atoms with Crippen molar-refractivity contribution in [3.8, 4) is 0 Å². The molecule has 0 saturated carbocycles. The minimum absolute atomic E-state index is 0.0518. The topological polar surface area (TPSA) is 84.0 Å². The third-order valence-electron chi connectivity index (χ3n) is 2.81. The zero-order chi connectivity index (χ0) is 13.2. The van der Waals surface area contributed by atoms with Crippen LogP contribution in [0.5, 0.6) is 0 Å². The molecule has 1 aromatic carbocycles. The lowest BCUT2D eigenvalue weighted by molar-refractivity contribution is -0.115. The van der Waals surface area contributed by atoms with Crippen molar-refractivity contribution >= 4 is 23.2 Å². The molecule has 3 rings (SSSR count). The maximum absolute atomic E-state index is 12.0. The van der Waals surface area contributed by atoms with Gasteiger partial charge in [-0.3, -0.25) is 9.59 Å². The summed E-state index contributed by atoms with van der Waals surface area (Å²) in [4.78, 5) is 30.9. The first-order valence-electron chi connectivity index (χ1n) is 5.71. The van der Waals surface area contributed by atoms with Crippen LogP contribution >= 0.6 is 0 Å². The van der Waals surface area contributed by atoms with Crippen LogP contribution in [0.15, 0.2) is 36.9 Å². The van der Waals surface area contributed by atoms with Crippen LogP contribution in [-0.4, -0.2) is 21.8 Å². The van der Waals surface area contributed by atoms with Gasteiger partial charge < -0.3 is 10.6 Å². The molecule has 0 fully saturated rings. The summed E-state index contributed by atoms with van der Waals surface area (Å²) >= 11 is 0. The lowest BCUT2D eigenvalue weighted by atomic mass is 10.1. The number of anilines is 2. The molecule has 0 saturated heterocycles. The van der Waals surface area contributed by atoms with Gasteiger partial charge in [0.25, 0.3) is 5.91 Å². The first kappa shape index (κ1) is 11.3. The average molecular weight is 254 g/mol. The van der Waals surface area contributed by atoms with Gasteiger partial charge in [-0.15, -0.1) is 0 Å². The van der Waals surface area contributed by atoms with Gasteiger partial charge in [-0.2, -0.15) is 0 Å². The number of benzene rings is 1. The van der Waals surface area contributed by atoms with Crippen molar-refractivity contribution in [2.75, 3.05) is 10.6 Å². The molecular formula is C13H10N4O2. The second-order valence-corrected chi connectivity index (χ2v) is 4.18. The molecule has 1 aliphatic rings. The largest absolute Gasteiger partial charge is 0.326 e. The summed E-state index contributed by atoms with van der Waals surface area (Å²) in [6.07, 6.45) is 4.74. The van der Waals surface area contributed by atoms with E-state index in [0.717, 1.165) is 11.3 Å². The van der Waals surface area contributed by atoms with E-state index in [-0.39, 0.29) is 11.8 Å². The summed E-state index contributed by atoms with van der Waals surface area (Å²) in [6, 6.07) is 5.12. The SMILES string of the molecule is O=C1Cc2cc(C(=O)Nc3cncnc3)ccc2N1. The second-order valence-electron chi connectivity index (χ2n) is 4.18. The van der Waals surface area contributed by atoms with E-state index in [1.807, 2.05) is 0 Å². The summed E-state index contributed by atoms with van der Waals surface area (Å²) in [7, 11) is 0.